The normalized spacial score (nSPS) is 28.7. The average Bonchev–Trinajstić information content (AvgIpc) is 2.92. The fraction of sp³-hybridized carbons (Fsp3) is 0.474. The predicted molar refractivity (Wildman–Crippen MR) is 86.4 cm³/mol. The van der Waals surface area contributed by atoms with Gasteiger partial charge in [0.2, 0.25) is 0 Å². The lowest BCUT2D eigenvalue weighted by Crippen LogP contribution is -2.43. The molecule has 3 aliphatic rings. The fourth-order valence-corrected chi connectivity index (χ4v) is 4.80. The quantitative estimate of drug-likeness (QED) is 0.716. The maximum absolute atomic E-state index is 3.75. The van der Waals surface area contributed by atoms with Gasteiger partial charge < -0.3 is 4.98 Å². The summed E-state index contributed by atoms with van der Waals surface area (Å²) in [7, 11) is 0. The van der Waals surface area contributed by atoms with E-state index in [9.17, 15) is 0 Å². The standard InChI is InChI=1S/C19H22N2/c1-2-6-14-12-21-10-9-16-15-7-3-4-8-17(15)20-19(16)18(21)11-13(14)5-1/h3-4,6-8,13,18,20H,1-2,5,9-12H2. The van der Waals surface area contributed by atoms with Crippen molar-refractivity contribution in [3.8, 4) is 0 Å². The minimum atomic E-state index is 0.626. The highest BCUT2D eigenvalue weighted by Crippen LogP contribution is 2.45. The zero-order valence-corrected chi connectivity index (χ0v) is 12.4. The molecule has 2 atom stereocenters. The molecular weight excluding hydrogens is 256 g/mol. The lowest BCUT2D eigenvalue weighted by Gasteiger charge is -2.44. The van der Waals surface area contributed by atoms with Crippen molar-refractivity contribution < 1.29 is 0 Å². The van der Waals surface area contributed by atoms with Crippen LogP contribution in [0.25, 0.3) is 10.9 Å². The van der Waals surface area contributed by atoms with Crippen molar-refractivity contribution in [2.45, 2.75) is 38.1 Å². The molecule has 1 fully saturated rings. The molecule has 0 saturated carbocycles. The number of hydrogen-bond acceptors (Lipinski definition) is 1. The monoisotopic (exact) mass is 278 g/mol. The van der Waals surface area contributed by atoms with E-state index in [0.717, 1.165) is 5.92 Å². The molecule has 1 aliphatic carbocycles. The number of benzene rings is 1. The van der Waals surface area contributed by atoms with E-state index in [0.29, 0.717) is 6.04 Å². The molecule has 2 unspecified atom stereocenters. The maximum Gasteiger partial charge on any atom is 0.0510 e. The van der Waals surface area contributed by atoms with E-state index in [1.807, 2.05) is 0 Å². The Bertz CT molecular complexity index is 724. The minimum Gasteiger partial charge on any atom is -0.357 e. The van der Waals surface area contributed by atoms with Gasteiger partial charge in [-0.2, -0.15) is 0 Å². The number of para-hydroxylation sites is 1. The Labute approximate surface area is 125 Å². The smallest absolute Gasteiger partial charge is 0.0510 e. The predicted octanol–water partition coefficient (Wildman–Crippen LogP) is 4.20. The Morgan fingerprint density at radius 3 is 3.14 bits per heavy atom. The summed E-state index contributed by atoms with van der Waals surface area (Å²) in [6.07, 6.45) is 9.17. The molecule has 1 aromatic carbocycles. The second-order valence-electron chi connectivity index (χ2n) is 6.94. The van der Waals surface area contributed by atoms with Crippen LogP contribution in [0.1, 0.15) is 43.0 Å². The second-order valence-corrected chi connectivity index (χ2v) is 6.94. The van der Waals surface area contributed by atoms with Gasteiger partial charge in [-0.15, -0.1) is 0 Å². The van der Waals surface area contributed by atoms with E-state index in [2.05, 4.69) is 40.2 Å². The third-order valence-corrected chi connectivity index (χ3v) is 5.85. The topological polar surface area (TPSA) is 19.0 Å². The SMILES string of the molecule is C1=C2CN3CCc4c([nH]c5ccccc45)C3CC2CCC1. The van der Waals surface area contributed by atoms with Crippen molar-refractivity contribution >= 4 is 10.9 Å². The van der Waals surface area contributed by atoms with Crippen LogP contribution in [0.3, 0.4) is 0 Å². The highest BCUT2D eigenvalue weighted by atomic mass is 15.2. The van der Waals surface area contributed by atoms with Crippen molar-refractivity contribution in [2.24, 2.45) is 5.92 Å². The van der Waals surface area contributed by atoms with Crippen LogP contribution in [0.15, 0.2) is 35.9 Å². The number of allylic oxidation sites excluding steroid dienone is 1. The van der Waals surface area contributed by atoms with Crippen LogP contribution in [0.5, 0.6) is 0 Å². The third-order valence-electron chi connectivity index (χ3n) is 5.85. The van der Waals surface area contributed by atoms with Gasteiger partial charge in [0.25, 0.3) is 0 Å². The Hall–Kier alpha value is -1.54. The number of nitrogens with zero attached hydrogens (tertiary/aromatic N) is 1. The number of piperidine rings is 1. The summed E-state index contributed by atoms with van der Waals surface area (Å²) in [5.41, 5.74) is 6.17. The lowest BCUT2D eigenvalue weighted by atomic mass is 9.77. The molecule has 1 aromatic heterocycles. The number of aromatic nitrogens is 1. The largest absolute Gasteiger partial charge is 0.357 e. The van der Waals surface area contributed by atoms with Gasteiger partial charge in [0, 0.05) is 29.7 Å². The van der Waals surface area contributed by atoms with Gasteiger partial charge in [0.1, 0.15) is 0 Å². The Balaban J connectivity index is 1.60. The summed E-state index contributed by atoms with van der Waals surface area (Å²) in [6.45, 7) is 2.44. The van der Waals surface area contributed by atoms with E-state index in [4.69, 9.17) is 0 Å². The van der Waals surface area contributed by atoms with Crippen molar-refractivity contribution in [1.82, 2.24) is 9.88 Å². The molecule has 2 nitrogen and oxygen atoms in total. The number of H-pyrrole nitrogens is 1. The van der Waals surface area contributed by atoms with Gasteiger partial charge in [-0.25, -0.2) is 0 Å². The van der Waals surface area contributed by atoms with Gasteiger partial charge >= 0.3 is 0 Å². The number of nitrogens with one attached hydrogen (secondary N) is 1. The summed E-state index contributed by atoms with van der Waals surface area (Å²) in [6, 6.07) is 9.46. The Morgan fingerprint density at radius 1 is 1.19 bits per heavy atom. The Kier molecular flexibility index (Phi) is 2.57. The number of hydrogen-bond donors (Lipinski definition) is 1. The zero-order chi connectivity index (χ0) is 13.8. The van der Waals surface area contributed by atoms with Crippen LogP contribution in [0, 0.1) is 5.92 Å². The molecule has 2 aromatic rings. The number of fused-ring (bicyclic) bond motifs is 6. The highest BCUT2D eigenvalue weighted by Gasteiger charge is 2.37. The summed E-state index contributed by atoms with van der Waals surface area (Å²) in [5, 5.41) is 1.46. The molecule has 2 aliphatic heterocycles. The molecular formula is C19H22N2. The zero-order valence-electron chi connectivity index (χ0n) is 12.4. The van der Waals surface area contributed by atoms with Crippen molar-refractivity contribution in [3.05, 3.63) is 47.2 Å². The minimum absolute atomic E-state index is 0.626. The van der Waals surface area contributed by atoms with Gasteiger partial charge in [0.15, 0.2) is 0 Å². The summed E-state index contributed by atoms with van der Waals surface area (Å²) in [5.74, 6) is 0.845. The summed E-state index contributed by atoms with van der Waals surface area (Å²) in [4.78, 5) is 6.46. The maximum atomic E-state index is 3.75. The first-order valence-electron chi connectivity index (χ1n) is 8.42. The first kappa shape index (κ1) is 12.0. The molecule has 2 heteroatoms. The van der Waals surface area contributed by atoms with Crippen LogP contribution in [-0.2, 0) is 6.42 Å². The van der Waals surface area contributed by atoms with Crippen molar-refractivity contribution in [2.75, 3.05) is 13.1 Å². The second kappa shape index (κ2) is 4.48. The van der Waals surface area contributed by atoms with Gasteiger partial charge in [0.05, 0.1) is 6.04 Å². The van der Waals surface area contributed by atoms with Crippen LogP contribution >= 0.6 is 0 Å². The first-order valence-corrected chi connectivity index (χ1v) is 8.42. The first-order chi connectivity index (χ1) is 10.4. The van der Waals surface area contributed by atoms with E-state index < -0.39 is 0 Å². The van der Waals surface area contributed by atoms with Gasteiger partial charge in [-0.1, -0.05) is 29.8 Å². The molecule has 0 bridgehead atoms. The third kappa shape index (κ3) is 1.75. The van der Waals surface area contributed by atoms with Crippen LogP contribution in [0.4, 0.5) is 0 Å². The van der Waals surface area contributed by atoms with Crippen LogP contribution in [0.2, 0.25) is 0 Å². The molecule has 0 spiro atoms. The van der Waals surface area contributed by atoms with Crippen molar-refractivity contribution in [1.29, 1.82) is 0 Å². The molecule has 108 valence electrons. The average molecular weight is 278 g/mol. The van der Waals surface area contributed by atoms with E-state index in [1.54, 1.807) is 11.1 Å². The fourth-order valence-electron chi connectivity index (χ4n) is 4.80. The highest BCUT2D eigenvalue weighted by molar-refractivity contribution is 5.85. The molecule has 0 amide bonds. The summed E-state index contributed by atoms with van der Waals surface area (Å²) >= 11 is 0. The molecule has 1 N–H and O–H groups in total. The summed E-state index contributed by atoms with van der Waals surface area (Å²) < 4.78 is 0. The molecule has 0 radical (unpaired) electrons. The van der Waals surface area contributed by atoms with Crippen LogP contribution in [-0.4, -0.2) is 23.0 Å². The van der Waals surface area contributed by atoms with Crippen LogP contribution < -0.4 is 0 Å². The lowest BCUT2D eigenvalue weighted by molar-refractivity contribution is 0.132. The molecule has 21 heavy (non-hydrogen) atoms. The molecule has 3 heterocycles. The van der Waals surface area contributed by atoms with E-state index >= 15 is 0 Å². The van der Waals surface area contributed by atoms with Gasteiger partial charge in [-0.05, 0) is 49.7 Å². The van der Waals surface area contributed by atoms with Gasteiger partial charge in [-0.3, -0.25) is 4.90 Å². The molecule has 5 rings (SSSR count). The Morgan fingerprint density at radius 2 is 2.14 bits per heavy atom. The number of aromatic amines is 1. The molecule has 1 saturated heterocycles. The van der Waals surface area contributed by atoms with Crippen molar-refractivity contribution in [3.63, 3.8) is 0 Å². The van der Waals surface area contributed by atoms with E-state index in [-0.39, 0.29) is 0 Å². The number of rotatable bonds is 0. The van der Waals surface area contributed by atoms with E-state index in [1.165, 1.54) is 61.8 Å².